The zero-order valence-electron chi connectivity index (χ0n) is 15.4. The first kappa shape index (κ1) is 18.9. The Morgan fingerprint density at radius 1 is 1.27 bits per heavy atom. The average molecular weight is 366 g/mol. The first-order valence-electron chi connectivity index (χ1n) is 9.04. The van der Waals surface area contributed by atoms with Gasteiger partial charge in [0.2, 0.25) is 0 Å². The highest BCUT2D eigenvalue weighted by atomic mass is 16.6. The Morgan fingerprint density at radius 2 is 1.96 bits per heavy atom. The number of carbonyl (C=O) groups is 3. The fourth-order valence-corrected chi connectivity index (χ4v) is 5.37. The summed E-state index contributed by atoms with van der Waals surface area (Å²) < 4.78 is 10.8. The summed E-state index contributed by atoms with van der Waals surface area (Å²) in [4.78, 5) is 35.3. The van der Waals surface area contributed by atoms with Crippen molar-refractivity contribution in [2.45, 2.75) is 64.6 Å². The first-order valence-corrected chi connectivity index (χ1v) is 9.04. The van der Waals surface area contributed by atoms with Gasteiger partial charge < -0.3 is 19.7 Å². The number of aliphatic carboxylic acids is 1. The molecule has 2 N–H and O–H groups in total. The molecule has 0 aromatic carbocycles. The molecule has 144 valence electrons. The zero-order valence-corrected chi connectivity index (χ0v) is 15.4. The van der Waals surface area contributed by atoms with E-state index in [1.54, 1.807) is 6.08 Å². The van der Waals surface area contributed by atoms with Crippen LogP contribution in [-0.2, 0) is 23.9 Å². The largest absolute Gasteiger partial charge is 0.481 e. The van der Waals surface area contributed by atoms with E-state index in [0.29, 0.717) is 12.0 Å². The van der Waals surface area contributed by atoms with Crippen LogP contribution < -0.4 is 0 Å². The highest BCUT2D eigenvalue weighted by Crippen LogP contribution is 2.63. The van der Waals surface area contributed by atoms with Crippen molar-refractivity contribution in [3.63, 3.8) is 0 Å². The van der Waals surface area contributed by atoms with Crippen LogP contribution in [0.15, 0.2) is 11.6 Å². The van der Waals surface area contributed by atoms with Crippen molar-refractivity contribution in [3.05, 3.63) is 11.6 Å². The Bertz CT molecular complexity index is 679. The lowest BCUT2D eigenvalue weighted by Crippen LogP contribution is -2.65. The number of rotatable bonds is 4. The summed E-state index contributed by atoms with van der Waals surface area (Å²) in [5.74, 6) is -2.56. The molecule has 4 atom stereocenters. The van der Waals surface area contributed by atoms with Crippen molar-refractivity contribution in [2.24, 2.45) is 16.7 Å². The van der Waals surface area contributed by atoms with Crippen molar-refractivity contribution in [1.82, 2.24) is 0 Å². The number of carboxylic acids is 1. The van der Waals surface area contributed by atoms with Gasteiger partial charge in [0.1, 0.15) is 12.7 Å². The number of ether oxygens (including phenoxy) is 2. The van der Waals surface area contributed by atoms with Crippen molar-refractivity contribution < 1.29 is 34.1 Å². The Balaban J connectivity index is 1.99. The molecule has 0 amide bonds. The van der Waals surface area contributed by atoms with E-state index in [0.717, 1.165) is 12.8 Å². The maximum Gasteiger partial charge on any atom is 0.343 e. The Hall–Kier alpha value is -1.89. The lowest BCUT2D eigenvalue weighted by molar-refractivity contribution is -0.196. The number of hydrogen-bond donors (Lipinski definition) is 2. The van der Waals surface area contributed by atoms with Crippen LogP contribution in [0.5, 0.6) is 0 Å². The Morgan fingerprint density at radius 3 is 2.62 bits per heavy atom. The van der Waals surface area contributed by atoms with Gasteiger partial charge in [-0.3, -0.25) is 9.59 Å². The van der Waals surface area contributed by atoms with Gasteiger partial charge in [-0.05, 0) is 24.3 Å². The van der Waals surface area contributed by atoms with Gasteiger partial charge in [0, 0.05) is 16.9 Å². The third-order valence-corrected chi connectivity index (χ3v) is 6.50. The summed E-state index contributed by atoms with van der Waals surface area (Å²) in [6.07, 6.45) is 2.86. The van der Waals surface area contributed by atoms with Crippen molar-refractivity contribution in [1.29, 1.82) is 0 Å². The summed E-state index contributed by atoms with van der Waals surface area (Å²) in [5, 5.41) is 20.1. The molecule has 7 heteroatoms. The second-order valence-corrected chi connectivity index (χ2v) is 8.56. The third-order valence-electron chi connectivity index (χ3n) is 6.50. The van der Waals surface area contributed by atoms with Crippen LogP contribution in [0.2, 0.25) is 0 Å². The Kier molecular flexibility index (Phi) is 4.42. The smallest absolute Gasteiger partial charge is 0.343 e. The highest BCUT2D eigenvalue weighted by Gasteiger charge is 2.69. The first-order chi connectivity index (χ1) is 12.0. The van der Waals surface area contributed by atoms with Crippen molar-refractivity contribution in [3.8, 4) is 0 Å². The van der Waals surface area contributed by atoms with Crippen molar-refractivity contribution in [2.75, 3.05) is 6.61 Å². The maximum atomic E-state index is 12.4. The molecule has 3 aliphatic rings. The molecular formula is C19H26O7. The molecule has 0 aromatic heterocycles. The van der Waals surface area contributed by atoms with E-state index in [-0.39, 0.29) is 30.8 Å². The van der Waals surface area contributed by atoms with E-state index in [4.69, 9.17) is 14.6 Å². The van der Waals surface area contributed by atoms with Crippen LogP contribution in [-0.4, -0.2) is 46.4 Å². The molecule has 0 unspecified atom stereocenters. The maximum absolute atomic E-state index is 12.4. The number of fused-ring (bicyclic) bond motifs is 3. The van der Waals surface area contributed by atoms with E-state index in [1.165, 1.54) is 0 Å². The summed E-state index contributed by atoms with van der Waals surface area (Å²) in [6, 6.07) is 0. The monoisotopic (exact) mass is 366 g/mol. The molecule has 2 aliphatic carbocycles. The molecule has 1 saturated carbocycles. The zero-order chi connectivity index (χ0) is 19.3. The molecule has 1 heterocycles. The Labute approximate surface area is 152 Å². The number of cyclic esters (lactones) is 1. The topological polar surface area (TPSA) is 110 Å². The molecule has 7 nitrogen and oxygen atoms in total. The van der Waals surface area contributed by atoms with E-state index in [9.17, 15) is 19.5 Å². The average Bonchev–Trinajstić information content (AvgIpc) is 2.82. The number of carbonyl (C=O) groups excluding carboxylic acids is 2. The van der Waals surface area contributed by atoms with Gasteiger partial charge in [0.05, 0.1) is 12.8 Å². The molecule has 2 fully saturated rings. The molecule has 26 heavy (non-hydrogen) atoms. The van der Waals surface area contributed by atoms with E-state index in [2.05, 4.69) is 13.8 Å². The summed E-state index contributed by atoms with van der Waals surface area (Å²) in [6.45, 7) is 5.96. The second kappa shape index (κ2) is 6.08. The van der Waals surface area contributed by atoms with Crippen LogP contribution in [0.25, 0.3) is 0 Å². The molecule has 0 radical (unpaired) electrons. The van der Waals surface area contributed by atoms with Crippen LogP contribution in [0, 0.1) is 16.7 Å². The fourth-order valence-electron chi connectivity index (χ4n) is 5.37. The predicted octanol–water partition coefficient (Wildman–Crippen LogP) is 1.82. The number of hydrogen-bond acceptors (Lipinski definition) is 6. The number of esters is 2. The van der Waals surface area contributed by atoms with Gasteiger partial charge in [-0.1, -0.05) is 27.2 Å². The minimum Gasteiger partial charge on any atom is -0.481 e. The van der Waals surface area contributed by atoms with Gasteiger partial charge in [0.15, 0.2) is 5.60 Å². The van der Waals surface area contributed by atoms with E-state index in [1.807, 2.05) is 6.92 Å². The summed E-state index contributed by atoms with van der Waals surface area (Å²) >= 11 is 0. The van der Waals surface area contributed by atoms with Crippen LogP contribution in [0.3, 0.4) is 0 Å². The minimum atomic E-state index is -1.70. The summed E-state index contributed by atoms with van der Waals surface area (Å²) in [5.41, 5.74) is -2.34. The van der Waals surface area contributed by atoms with Crippen LogP contribution in [0.1, 0.15) is 52.9 Å². The van der Waals surface area contributed by atoms with Gasteiger partial charge >= 0.3 is 17.9 Å². The van der Waals surface area contributed by atoms with E-state index >= 15 is 0 Å². The third kappa shape index (κ3) is 2.64. The standard InChI is InChI=1S/C19H26O7/c1-17(2)7-4-8-18(3)15(17)12(26-14(22)6-5-13(20)21)9-11-10-25-16(23)19(11,18)24/h9,12,15,24H,4-8,10H2,1-3H3,(H,20,21)/t12-,15-,18-,19-/m1/s1. The quantitative estimate of drug-likeness (QED) is 0.577. The van der Waals surface area contributed by atoms with E-state index < -0.39 is 35.0 Å². The van der Waals surface area contributed by atoms with Gasteiger partial charge in [-0.2, -0.15) is 0 Å². The molecule has 1 aliphatic heterocycles. The minimum absolute atomic E-state index is 0.0127. The van der Waals surface area contributed by atoms with Gasteiger partial charge in [-0.15, -0.1) is 0 Å². The predicted molar refractivity (Wildman–Crippen MR) is 90.0 cm³/mol. The fraction of sp³-hybridized carbons (Fsp3) is 0.737. The normalized spacial score (nSPS) is 37.8. The molecule has 3 rings (SSSR count). The van der Waals surface area contributed by atoms with Gasteiger partial charge in [-0.25, -0.2) is 4.79 Å². The van der Waals surface area contributed by atoms with Crippen LogP contribution in [0.4, 0.5) is 0 Å². The van der Waals surface area contributed by atoms with Crippen LogP contribution >= 0.6 is 0 Å². The molecular weight excluding hydrogens is 340 g/mol. The summed E-state index contributed by atoms with van der Waals surface area (Å²) in [7, 11) is 0. The number of aliphatic hydroxyl groups is 1. The molecule has 1 saturated heterocycles. The molecule has 0 bridgehead atoms. The number of carboxylic acid groups (broad SMARTS) is 1. The lowest BCUT2D eigenvalue weighted by atomic mass is 9.46. The lowest BCUT2D eigenvalue weighted by Gasteiger charge is -2.59. The second-order valence-electron chi connectivity index (χ2n) is 8.56. The SMILES string of the molecule is CC1(C)CCC[C@]2(C)[C@@H]1[C@H](OC(=O)CCC(=O)O)C=C1COC(=O)[C@]12O. The van der Waals surface area contributed by atoms with Crippen molar-refractivity contribution >= 4 is 17.9 Å². The van der Waals surface area contributed by atoms with Gasteiger partial charge in [0.25, 0.3) is 0 Å². The highest BCUT2D eigenvalue weighted by molar-refractivity contribution is 5.88. The molecule has 0 aromatic rings. The molecule has 0 spiro atoms.